The van der Waals surface area contributed by atoms with Crippen LogP contribution >= 0.6 is 0 Å². The molecule has 0 aromatic heterocycles. The summed E-state index contributed by atoms with van der Waals surface area (Å²) in [5, 5.41) is 0. The molecule has 3 atom stereocenters. The van der Waals surface area contributed by atoms with Crippen molar-refractivity contribution >= 4 is 5.97 Å². The minimum atomic E-state index is -4.46. The van der Waals surface area contributed by atoms with Crippen LogP contribution in [0.2, 0.25) is 0 Å². The van der Waals surface area contributed by atoms with Gasteiger partial charge in [0.15, 0.2) is 0 Å². The molecule has 188 valence electrons. The smallest absolute Gasteiger partial charge is 0.416 e. The van der Waals surface area contributed by atoms with E-state index in [2.05, 4.69) is 0 Å². The van der Waals surface area contributed by atoms with Crippen molar-refractivity contribution < 1.29 is 35.9 Å². The van der Waals surface area contributed by atoms with Crippen LogP contribution in [0.5, 0.6) is 0 Å². The molecule has 0 aliphatic heterocycles. The Morgan fingerprint density at radius 2 is 1.70 bits per heavy atom. The summed E-state index contributed by atoms with van der Waals surface area (Å²) in [6.45, 7) is 4.34. The number of esters is 1. The zero-order chi connectivity index (χ0) is 24.8. The highest BCUT2D eigenvalue weighted by molar-refractivity contribution is 5.69. The first-order valence-electron chi connectivity index (χ1n) is 11.3. The number of ether oxygens (including phenoxy) is 1. The first-order chi connectivity index (χ1) is 15.3. The molecule has 1 aromatic carbocycles. The number of rotatable bonds is 9. The number of nitrogens with zero attached hydrogens (tertiary/aromatic N) is 1. The van der Waals surface area contributed by atoms with Crippen molar-refractivity contribution in [3.05, 3.63) is 35.4 Å². The van der Waals surface area contributed by atoms with Gasteiger partial charge in [0.1, 0.15) is 0 Å². The van der Waals surface area contributed by atoms with Crippen molar-refractivity contribution in [2.75, 3.05) is 20.2 Å². The highest BCUT2D eigenvalue weighted by Gasteiger charge is 2.38. The molecule has 0 amide bonds. The monoisotopic (exact) mass is 481 g/mol. The summed E-state index contributed by atoms with van der Waals surface area (Å²) >= 11 is 0. The van der Waals surface area contributed by atoms with E-state index in [0.717, 1.165) is 18.6 Å². The van der Waals surface area contributed by atoms with Crippen LogP contribution in [-0.4, -0.2) is 43.3 Å². The average Bonchev–Trinajstić information content (AvgIpc) is 2.72. The van der Waals surface area contributed by atoms with Crippen molar-refractivity contribution in [1.29, 1.82) is 0 Å². The van der Waals surface area contributed by atoms with Gasteiger partial charge in [-0.25, -0.2) is 0 Å². The zero-order valence-corrected chi connectivity index (χ0v) is 19.3. The summed E-state index contributed by atoms with van der Waals surface area (Å²) in [4.78, 5) is 13.7. The molecule has 0 radical (unpaired) electrons. The molecule has 0 N–H and O–H groups in total. The molecule has 0 bridgehead atoms. The Hall–Kier alpha value is -1.77. The SMILES string of the molecule is COC(=O)CC1CCC(N(CCC(C)C)CCC(F)(F)F)C(c2ccc(C(F)(F)F)cc2)C1. The minimum absolute atomic E-state index is 0.0319. The predicted octanol–water partition coefficient (Wildman–Crippen LogP) is 6.82. The maximum absolute atomic E-state index is 13.0. The second-order valence-electron chi connectivity index (χ2n) is 9.34. The van der Waals surface area contributed by atoms with E-state index in [9.17, 15) is 31.1 Å². The van der Waals surface area contributed by atoms with Gasteiger partial charge < -0.3 is 4.74 Å². The Morgan fingerprint density at radius 3 is 2.21 bits per heavy atom. The molecule has 2 rings (SSSR count). The van der Waals surface area contributed by atoms with Gasteiger partial charge in [-0.1, -0.05) is 26.0 Å². The summed E-state index contributed by atoms with van der Waals surface area (Å²) in [6, 6.07) is 4.64. The van der Waals surface area contributed by atoms with Gasteiger partial charge in [-0.15, -0.1) is 0 Å². The van der Waals surface area contributed by atoms with Gasteiger partial charge in [0.25, 0.3) is 0 Å². The van der Waals surface area contributed by atoms with Crippen LogP contribution in [0, 0.1) is 11.8 Å². The first-order valence-corrected chi connectivity index (χ1v) is 11.3. The van der Waals surface area contributed by atoms with E-state index < -0.39 is 24.3 Å². The van der Waals surface area contributed by atoms with Crippen LogP contribution < -0.4 is 0 Å². The van der Waals surface area contributed by atoms with Crippen LogP contribution in [0.4, 0.5) is 26.3 Å². The van der Waals surface area contributed by atoms with E-state index in [4.69, 9.17) is 4.74 Å². The number of hydrogen-bond donors (Lipinski definition) is 0. The number of benzene rings is 1. The highest BCUT2D eigenvalue weighted by atomic mass is 19.4. The summed E-state index contributed by atoms with van der Waals surface area (Å²) in [6.07, 6.45) is -7.04. The standard InChI is InChI=1S/C24H33F6NO2/c1-16(2)10-12-31(13-11-23(25,26)27)21-9-4-17(15-22(32)33-3)14-20(21)18-5-7-19(8-6-18)24(28,29)30/h5-8,16-17,20-21H,4,9-15H2,1-3H3. The summed E-state index contributed by atoms with van der Waals surface area (Å²) < 4.78 is 82.9. The molecule has 1 fully saturated rings. The third-order valence-electron chi connectivity index (χ3n) is 6.42. The molecule has 33 heavy (non-hydrogen) atoms. The number of hydrogen-bond acceptors (Lipinski definition) is 3. The van der Waals surface area contributed by atoms with Crippen molar-refractivity contribution in [3.8, 4) is 0 Å². The Labute approximate surface area is 191 Å². The molecule has 1 aliphatic rings. The largest absolute Gasteiger partial charge is 0.469 e. The zero-order valence-electron chi connectivity index (χ0n) is 19.3. The quantitative estimate of drug-likeness (QED) is 0.286. The van der Waals surface area contributed by atoms with E-state index in [1.54, 1.807) is 0 Å². The summed E-state index contributed by atoms with van der Waals surface area (Å²) in [5.74, 6) is -0.358. The van der Waals surface area contributed by atoms with Crippen LogP contribution in [0.15, 0.2) is 24.3 Å². The molecule has 0 saturated heterocycles. The lowest BCUT2D eigenvalue weighted by molar-refractivity contribution is -0.143. The lowest BCUT2D eigenvalue weighted by atomic mass is 9.73. The van der Waals surface area contributed by atoms with Crippen molar-refractivity contribution in [2.45, 2.75) is 76.7 Å². The second-order valence-corrected chi connectivity index (χ2v) is 9.34. The van der Waals surface area contributed by atoms with Gasteiger partial charge in [0, 0.05) is 19.0 Å². The fourth-order valence-corrected chi connectivity index (χ4v) is 4.60. The topological polar surface area (TPSA) is 29.5 Å². The summed E-state index contributed by atoms with van der Waals surface area (Å²) in [7, 11) is 1.30. The van der Waals surface area contributed by atoms with Crippen LogP contribution in [0.3, 0.4) is 0 Å². The van der Waals surface area contributed by atoms with E-state index in [-0.39, 0.29) is 36.8 Å². The van der Waals surface area contributed by atoms with E-state index >= 15 is 0 Å². The number of carbonyl (C=O) groups excluding carboxylic acids is 1. The maximum atomic E-state index is 13.0. The van der Waals surface area contributed by atoms with Crippen LogP contribution in [0.1, 0.15) is 69.4 Å². The molecule has 3 nitrogen and oxygen atoms in total. The normalized spacial score (nSPS) is 22.1. The van der Waals surface area contributed by atoms with E-state index in [1.165, 1.54) is 19.2 Å². The molecule has 3 unspecified atom stereocenters. The van der Waals surface area contributed by atoms with Gasteiger partial charge in [-0.3, -0.25) is 9.69 Å². The third-order valence-corrected chi connectivity index (χ3v) is 6.42. The fraction of sp³-hybridized carbons (Fsp3) is 0.708. The number of carbonyl (C=O) groups is 1. The van der Waals surface area contributed by atoms with Crippen LogP contribution in [-0.2, 0) is 15.7 Å². The van der Waals surface area contributed by atoms with Crippen molar-refractivity contribution in [2.24, 2.45) is 11.8 Å². The average molecular weight is 482 g/mol. The van der Waals surface area contributed by atoms with Crippen molar-refractivity contribution in [3.63, 3.8) is 0 Å². The Balaban J connectivity index is 2.32. The molecule has 1 aliphatic carbocycles. The molecule has 0 heterocycles. The number of methoxy groups -OCH3 is 1. The molecule has 0 spiro atoms. The van der Waals surface area contributed by atoms with E-state index in [0.29, 0.717) is 37.3 Å². The molecular formula is C24H33F6NO2. The van der Waals surface area contributed by atoms with Gasteiger partial charge in [0.2, 0.25) is 0 Å². The third kappa shape index (κ3) is 8.83. The number of halogens is 6. The Kier molecular flexibility index (Phi) is 9.64. The van der Waals surface area contributed by atoms with Gasteiger partial charge in [-0.2, -0.15) is 26.3 Å². The van der Waals surface area contributed by atoms with Crippen LogP contribution in [0.25, 0.3) is 0 Å². The fourth-order valence-electron chi connectivity index (χ4n) is 4.60. The number of alkyl halides is 6. The predicted molar refractivity (Wildman–Crippen MR) is 114 cm³/mol. The van der Waals surface area contributed by atoms with Gasteiger partial charge in [0.05, 0.1) is 19.1 Å². The molecule has 1 saturated carbocycles. The minimum Gasteiger partial charge on any atom is -0.469 e. The molecular weight excluding hydrogens is 448 g/mol. The van der Waals surface area contributed by atoms with Gasteiger partial charge >= 0.3 is 18.3 Å². The molecule has 9 heteroatoms. The lowest BCUT2D eigenvalue weighted by Gasteiger charge is -2.43. The van der Waals surface area contributed by atoms with Crippen molar-refractivity contribution in [1.82, 2.24) is 4.90 Å². The second kappa shape index (κ2) is 11.6. The summed E-state index contributed by atoms with van der Waals surface area (Å²) in [5.41, 5.74) is -0.109. The Bertz CT molecular complexity index is 745. The lowest BCUT2D eigenvalue weighted by Crippen LogP contribution is -2.45. The maximum Gasteiger partial charge on any atom is 0.416 e. The Morgan fingerprint density at radius 1 is 1.06 bits per heavy atom. The first kappa shape index (κ1) is 27.5. The van der Waals surface area contributed by atoms with E-state index in [1.807, 2.05) is 18.7 Å². The molecule has 1 aromatic rings. The van der Waals surface area contributed by atoms with Gasteiger partial charge in [-0.05, 0) is 67.7 Å². The highest BCUT2D eigenvalue weighted by Crippen LogP contribution is 2.42.